The molecule has 6 aromatic rings. The molecular formula is C29H19ClN4O4. The number of nitrogens with zero attached hydrogens (tertiary/aromatic N) is 1. The van der Waals surface area contributed by atoms with E-state index in [1.54, 1.807) is 24.3 Å². The Hall–Kier alpha value is -4.95. The highest BCUT2D eigenvalue weighted by Crippen LogP contribution is 2.34. The fraction of sp³-hybridized carbons (Fsp3) is 0.0345. The number of carbonyl (C=O) groups excluding carboxylic acids is 2. The van der Waals surface area contributed by atoms with E-state index in [4.69, 9.17) is 16.0 Å². The molecule has 0 saturated heterocycles. The molecule has 186 valence electrons. The Kier molecular flexibility index (Phi) is 5.66. The van der Waals surface area contributed by atoms with Crippen molar-refractivity contribution >= 4 is 56.3 Å². The molecule has 0 atom stereocenters. The number of rotatable bonds is 3. The predicted molar refractivity (Wildman–Crippen MR) is 146 cm³/mol. The second-order valence-corrected chi connectivity index (χ2v) is 9.25. The number of benzene rings is 3. The van der Waals surface area contributed by atoms with Crippen LogP contribution in [0.5, 0.6) is 0 Å². The Morgan fingerprint density at radius 1 is 0.895 bits per heavy atom. The van der Waals surface area contributed by atoms with Gasteiger partial charge in [0.25, 0.3) is 11.8 Å². The number of aromatic amines is 1. The third-order valence-corrected chi connectivity index (χ3v) is 6.57. The second-order valence-electron chi connectivity index (χ2n) is 8.82. The lowest BCUT2D eigenvalue weighted by Gasteiger charge is -2.09. The molecule has 0 fully saturated rings. The van der Waals surface area contributed by atoms with Crippen LogP contribution < -0.4 is 16.5 Å². The average molecular weight is 523 g/mol. The van der Waals surface area contributed by atoms with Crippen molar-refractivity contribution in [3.63, 3.8) is 0 Å². The Morgan fingerprint density at radius 3 is 2.50 bits per heavy atom. The Bertz CT molecular complexity index is 1960. The number of nitrogens with one attached hydrogen (secondary N) is 3. The van der Waals surface area contributed by atoms with Gasteiger partial charge in [-0.1, -0.05) is 60.1 Å². The molecule has 2 amide bonds. The molecule has 3 N–H and O–H groups in total. The van der Waals surface area contributed by atoms with E-state index in [-0.39, 0.29) is 17.0 Å². The van der Waals surface area contributed by atoms with Crippen molar-refractivity contribution in [2.45, 2.75) is 6.92 Å². The van der Waals surface area contributed by atoms with Crippen molar-refractivity contribution < 1.29 is 14.0 Å². The first-order chi connectivity index (χ1) is 18.4. The van der Waals surface area contributed by atoms with Crippen LogP contribution in [0.15, 0.2) is 88.1 Å². The molecule has 9 heteroatoms. The van der Waals surface area contributed by atoms with Gasteiger partial charge in [-0.2, -0.15) is 0 Å². The van der Waals surface area contributed by atoms with E-state index in [2.05, 4.69) is 20.8 Å². The summed E-state index contributed by atoms with van der Waals surface area (Å²) in [5.74, 6) is -1.42. The molecule has 0 aliphatic rings. The minimum Gasteiger partial charge on any atom is -0.403 e. The number of pyridine rings is 1. The van der Waals surface area contributed by atoms with Crippen molar-refractivity contribution in [1.82, 2.24) is 20.8 Å². The summed E-state index contributed by atoms with van der Waals surface area (Å²) in [5, 5.41) is 2.61. The predicted octanol–water partition coefficient (Wildman–Crippen LogP) is 5.53. The second kappa shape index (κ2) is 9.17. The third kappa shape index (κ3) is 4.07. The Balaban J connectivity index is 1.31. The van der Waals surface area contributed by atoms with Crippen LogP contribution in [0, 0.1) is 6.92 Å². The maximum atomic E-state index is 13.2. The van der Waals surface area contributed by atoms with Gasteiger partial charge < -0.3 is 9.40 Å². The van der Waals surface area contributed by atoms with Gasteiger partial charge in [0, 0.05) is 32.3 Å². The highest BCUT2D eigenvalue weighted by atomic mass is 35.5. The lowest BCUT2D eigenvalue weighted by Crippen LogP contribution is -2.43. The number of para-hydroxylation sites is 1. The minimum atomic E-state index is -0.866. The van der Waals surface area contributed by atoms with E-state index < -0.39 is 17.4 Å². The highest BCUT2D eigenvalue weighted by Gasteiger charge is 2.21. The van der Waals surface area contributed by atoms with E-state index in [0.717, 1.165) is 21.9 Å². The molecule has 0 unspecified atom stereocenters. The highest BCUT2D eigenvalue weighted by molar-refractivity contribution is 6.31. The number of hydrogen-bond acceptors (Lipinski definition) is 5. The first-order valence-corrected chi connectivity index (χ1v) is 12.1. The van der Waals surface area contributed by atoms with Gasteiger partial charge in [-0.25, -0.2) is 9.78 Å². The minimum absolute atomic E-state index is 0.127. The van der Waals surface area contributed by atoms with Gasteiger partial charge in [-0.15, -0.1) is 0 Å². The standard InChI is InChI=1S/C29H19ClN4O4/c1-15-6-5-9-17-12-18-13-21(29(37)38-28(18)32-24(15)17)26(35)33-34-27(36)25-23(16-7-3-2-4-8-16)20-14-19(30)10-11-22(20)31-25/h2-14,31H,1H3,(H,33,35)(H,34,36). The largest absolute Gasteiger partial charge is 0.403 e. The first-order valence-electron chi connectivity index (χ1n) is 11.7. The molecule has 0 aliphatic carbocycles. The van der Waals surface area contributed by atoms with Crippen molar-refractivity contribution in [3.05, 3.63) is 111 Å². The van der Waals surface area contributed by atoms with Crippen LogP contribution >= 0.6 is 11.6 Å². The van der Waals surface area contributed by atoms with Gasteiger partial charge in [-0.3, -0.25) is 20.4 Å². The summed E-state index contributed by atoms with van der Waals surface area (Å²) in [7, 11) is 0. The fourth-order valence-electron chi connectivity index (χ4n) is 4.53. The molecule has 8 nitrogen and oxygen atoms in total. The number of hydrazine groups is 1. The zero-order valence-electron chi connectivity index (χ0n) is 20.0. The fourth-order valence-corrected chi connectivity index (χ4v) is 4.70. The number of H-pyrrole nitrogens is 1. The van der Waals surface area contributed by atoms with Crippen LogP contribution in [-0.4, -0.2) is 21.8 Å². The molecule has 0 spiro atoms. The number of aromatic nitrogens is 2. The number of hydrogen-bond donors (Lipinski definition) is 3. The first kappa shape index (κ1) is 23.4. The molecular weight excluding hydrogens is 504 g/mol. The van der Waals surface area contributed by atoms with Crippen LogP contribution in [0.3, 0.4) is 0 Å². The van der Waals surface area contributed by atoms with Crippen molar-refractivity contribution in [3.8, 4) is 11.1 Å². The van der Waals surface area contributed by atoms with Gasteiger partial charge in [0.05, 0.1) is 5.52 Å². The molecule has 0 radical (unpaired) electrons. The number of aryl methyl sites for hydroxylation is 1. The van der Waals surface area contributed by atoms with Crippen LogP contribution in [0.1, 0.15) is 26.4 Å². The SMILES string of the molecule is Cc1cccc2cc3cc(C(=O)NNC(=O)c4[nH]c5ccc(Cl)cc5c4-c4ccccc4)c(=O)oc3nc12. The number of halogens is 1. The molecule has 0 saturated carbocycles. The Morgan fingerprint density at radius 2 is 1.68 bits per heavy atom. The molecule has 3 heterocycles. The van der Waals surface area contributed by atoms with E-state index in [9.17, 15) is 14.4 Å². The smallest absolute Gasteiger partial charge is 0.350 e. The molecule has 6 rings (SSSR count). The summed E-state index contributed by atoms with van der Waals surface area (Å²) in [4.78, 5) is 46.2. The van der Waals surface area contributed by atoms with Crippen LogP contribution in [-0.2, 0) is 0 Å². The summed E-state index contributed by atoms with van der Waals surface area (Å²) in [6.45, 7) is 1.91. The topological polar surface area (TPSA) is 117 Å². The van der Waals surface area contributed by atoms with E-state index in [1.807, 2.05) is 55.5 Å². The summed E-state index contributed by atoms with van der Waals surface area (Å²) in [6.07, 6.45) is 0. The van der Waals surface area contributed by atoms with Crippen LogP contribution in [0.25, 0.3) is 44.0 Å². The third-order valence-electron chi connectivity index (χ3n) is 6.33. The van der Waals surface area contributed by atoms with Crippen molar-refractivity contribution in [2.75, 3.05) is 0 Å². The van der Waals surface area contributed by atoms with E-state index in [0.29, 0.717) is 27.0 Å². The molecule has 3 aromatic carbocycles. The zero-order chi connectivity index (χ0) is 26.4. The lowest BCUT2D eigenvalue weighted by molar-refractivity contribution is 0.0842. The van der Waals surface area contributed by atoms with E-state index in [1.165, 1.54) is 6.07 Å². The van der Waals surface area contributed by atoms with E-state index >= 15 is 0 Å². The zero-order valence-corrected chi connectivity index (χ0v) is 20.7. The lowest BCUT2D eigenvalue weighted by atomic mass is 10.0. The summed E-state index contributed by atoms with van der Waals surface area (Å²) in [5.41, 5.74) is 7.71. The maximum Gasteiger partial charge on any atom is 0.350 e. The number of carbonyl (C=O) groups is 2. The Labute approximate surface area is 220 Å². The number of fused-ring (bicyclic) bond motifs is 3. The maximum absolute atomic E-state index is 13.2. The monoisotopic (exact) mass is 522 g/mol. The van der Waals surface area contributed by atoms with Crippen molar-refractivity contribution in [1.29, 1.82) is 0 Å². The molecule has 38 heavy (non-hydrogen) atoms. The summed E-state index contributed by atoms with van der Waals surface area (Å²) < 4.78 is 5.34. The average Bonchev–Trinajstić information content (AvgIpc) is 3.30. The van der Waals surface area contributed by atoms with Crippen LogP contribution in [0.2, 0.25) is 5.02 Å². The summed E-state index contributed by atoms with van der Waals surface area (Å²) in [6, 6.07) is 23.5. The van der Waals surface area contributed by atoms with Gasteiger partial charge in [0.1, 0.15) is 11.3 Å². The van der Waals surface area contributed by atoms with Gasteiger partial charge in [0.15, 0.2) is 0 Å². The molecule has 0 bridgehead atoms. The molecule has 3 aromatic heterocycles. The van der Waals surface area contributed by atoms with Crippen LogP contribution in [0.4, 0.5) is 0 Å². The van der Waals surface area contributed by atoms with Gasteiger partial charge in [-0.05, 0) is 48.4 Å². The summed E-state index contributed by atoms with van der Waals surface area (Å²) >= 11 is 6.22. The normalized spacial score (nSPS) is 11.2. The molecule has 0 aliphatic heterocycles. The van der Waals surface area contributed by atoms with Crippen molar-refractivity contribution in [2.24, 2.45) is 0 Å². The van der Waals surface area contributed by atoms with Gasteiger partial charge in [0.2, 0.25) is 5.71 Å². The quantitative estimate of drug-likeness (QED) is 0.209. The number of amides is 2. The van der Waals surface area contributed by atoms with Gasteiger partial charge >= 0.3 is 5.63 Å².